The zero-order valence-electron chi connectivity index (χ0n) is 15.0. The van der Waals surface area contributed by atoms with E-state index in [1.54, 1.807) is 18.7 Å². The number of piperazine rings is 1. The van der Waals surface area contributed by atoms with Gasteiger partial charge in [0.05, 0.1) is 11.6 Å². The van der Waals surface area contributed by atoms with E-state index in [1.165, 1.54) is 34.9 Å². The minimum atomic E-state index is -0.0523. The van der Waals surface area contributed by atoms with Gasteiger partial charge in [-0.05, 0) is 31.2 Å². The Labute approximate surface area is 161 Å². The molecule has 5 rings (SSSR count). The maximum Gasteiger partial charge on any atom is 0.274 e. The summed E-state index contributed by atoms with van der Waals surface area (Å²) in [5.74, 6) is 0.981. The molecular formula is C19H20N6OS. The topological polar surface area (TPSA) is 75.1 Å². The summed E-state index contributed by atoms with van der Waals surface area (Å²) in [5.41, 5.74) is 1.86. The van der Waals surface area contributed by atoms with Gasteiger partial charge >= 0.3 is 0 Å². The minimum absolute atomic E-state index is 0.0523. The van der Waals surface area contributed by atoms with Crippen LogP contribution in [0.1, 0.15) is 33.8 Å². The van der Waals surface area contributed by atoms with Crippen LogP contribution in [0.15, 0.2) is 24.9 Å². The fourth-order valence-electron chi connectivity index (χ4n) is 4.01. The highest BCUT2D eigenvalue weighted by molar-refractivity contribution is 7.19. The van der Waals surface area contributed by atoms with Crippen molar-refractivity contribution in [2.75, 3.05) is 31.1 Å². The second-order valence-electron chi connectivity index (χ2n) is 6.96. The Morgan fingerprint density at radius 3 is 2.67 bits per heavy atom. The fourth-order valence-corrected chi connectivity index (χ4v) is 5.23. The van der Waals surface area contributed by atoms with Crippen molar-refractivity contribution in [3.63, 3.8) is 0 Å². The first-order valence-electron chi connectivity index (χ1n) is 9.37. The summed E-state index contributed by atoms with van der Waals surface area (Å²) in [7, 11) is 0. The third kappa shape index (κ3) is 2.93. The fraction of sp³-hybridized carbons (Fsp3) is 0.421. The van der Waals surface area contributed by atoms with Crippen LogP contribution >= 0.6 is 11.3 Å². The van der Waals surface area contributed by atoms with Gasteiger partial charge in [0.1, 0.15) is 22.7 Å². The molecule has 3 aromatic heterocycles. The number of thiophene rings is 1. The maximum absolute atomic E-state index is 12.6. The number of fused-ring (bicyclic) bond motifs is 3. The predicted molar refractivity (Wildman–Crippen MR) is 104 cm³/mol. The van der Waals surface area contributed by atoms with Crippen molar-refractivity contribution in [2.24, 2.45) is 0 Å². The molecule has 0 unspecified atom stereocenters. The van der Waals surface area contributed by atoms with Crippen molar-refractivity contribution in [3.05, 3.63) is 41.1 Å². The molecule has 0 spiro atoms. The van der Waals surface area contributed by atoms with E-state index in [2.05, 4.69) is 24.8 Å². The van der Waals surface area contributed by atoms with E-state index in [0.29, 0.717) is 18.8 Å². The second-order valence-corrected chi connectivity index (χ2v) is 8.04. The summed E-state index contributed by atoms with van der Waals surface area (Å²) in [4.78, 5) is 36.6. The Kier molecular flexibility index (Phi) is 4.20. The molecule has 7 nitrogen and oxygen atoms in total. The summed E-state index contributed by atoms with van der Waals surface area (Å²) in [6.45, 7) is 2.85. The van der Waals surface area contributed by atoms with E-state index in [-0.39, 0.29) is 5.91 Å². The lowest BCUT2D eigenvalue weighted by Crippen LogP contribution is -2.49. The van der Waals surface area contributed by atoms with Gasteiger partial charge < -0.3 is 9.80 Å². The number of nitrogens with zero attached hydrogens (tertiary/aromatic N) is 6. The second kappa shape index (κ2) is 6.84. The molecule has 1 aliphatic carbocycles. The van der Waals surface area contributed by atoms with Crippen molar-refractivity contribution < 1.29 is 4.79 Å². The van der Waals surface area contributed by atoms with Crippen LogP contribution in [-0.2, 0) is 12.8 Å². The van der Waals surface area contributed by atoms with Crippen LogP contribution < -0.4 is 4.90 Å². The molecule has 0 saturated carbocycles. The number of aryl methyl sites for hydroxylation is 2. The van der Waals surface area contributed by atoms with Gasteiger partial charge in [-0.3, -0.25) is 9.78 Å². The van der Waals surface area contributed by atoms with E-state index >= 15 is 0 Å². The van der Waals surface area contributed by atoms with Gasteiger partial charge in [0.2, 0.25) is 0 Å². The van der Waals surface area contributed by atoms with Crippen LogP contribution in [0.25, 0.3) is 10.2 Å². The van der Waals surface area contributed by atoms with Gasteiger partial charge in [-0.2, -0.15) is 0 Å². The lowest BCUT2D eigenvalue weighted by atomic mass is 9.97. The summed E-state index contributed by atoms with van der Waals surface area (Å²) < 4.78 is 0. The Bertz CT molecular complexity index is 981. The number of anilines is 1. The number of rotatable bonds is 2. The molecule has 4 heterocycles. The van der Waals surface area contributed by atoms with Crippen molar-refractivity contribution in [2.45, 2.75) is 25.7 Å². The number of carbonyl (C=O) groups is 1. The third-order valence-electron chi connectivity index (χ3n) is 5.38. The monoisotopic (exact) mass is 380 g/mol. The van der Waals surface area contributed by atoms with E-state index in [9.17, 15) is 4.79 Å². The Balaban J connectivity index is 1.38. The van der Waals surface area contributed by atoms with E-state index in [0.717, 1.165) is 36.6 Å². The molecule has 0 aromatic carbocycles. The summed E-state index contributed by atoms with van der Waals surface area (Å²) in [5, 5.41) is 1.24. The van der Waals surface area contributed by atoms with Gasteiger partial charge in [-0.1, -0.05) is 0 Å². The standard InChI is InChI=1S/C19H20N6OS/c26-19(14-11-20-5-6-21-14)25-9-7-24(8-10-25)17-16-13-3-1-2-4-15(13)27-18(16)23-12-22-17/h5-6,11-12H,1-4,7-10H2. The third-order valence-corrected chi connectivity index (χ3v) is 6.58. The molecular weight excluding hydrogens is 360 g/mol. The zero-order chi connectivity index (χ0) is 18.2. The highest BCUT2D eigenvalue weighted by Crippen LogP contribution is 2.39. The van der Waals surface area contributed by atoms with Crippen LogP contribution in [0.5, 0.6) is 0 Å². The van der Waals surface area contributed by atoms with Crippen molar-refractivity contribution in [1.82, 2.24) is 24.8 Å². The van der Waals surface area contributed by atoms with Gasteiger partial charge in [0.15, 0.2) is 0 Å². The normalized spacial score (nSPS) is 17.2. The van der Waals surface area contributed by atoms with Crippen LogP contribution in [0, 0.1) is 0 Å². The average molecular weight is 380 g/mol. The Morgan fingerprint density at radius 2 is 1.85 bits per heavy atom. The Morgan fingerprint density at radius 1 is 1.00 bits per heavy atom. The highest BCUT2D eigenvalue weighted by atomic mass is 32.1. The summed E-state index contributed by atoms with van der Waals surface area (Å²) in [6, 6.07) is 0. The molecule has 3 aromatic rings. The molecule has 1 aliphatic heterocycles. The molecule has 0 radical (unpaired) electrons. The van der Waals surface area contributed by atoms with Gasteiger partial charge in [0.25, 0.3) is 5.91 Å². The largest absolute Gasteiger partial charge is 0.352 e. The molecule has 2 aliphatic rings. The molecule has 0 bridgehead atoms. The molecule has 0 N–H and O–H groups in total. The lowest BCUT2D eigenvalue weighted by Gasteiger charge is -2.35. The van der Waals surface area contributed by atoms with Gasteiger partial charge in [-0.25, -0.2) is 15.0 Å². The van der Waals surface area contributed by atoms with Crippen LogP contribution in [0.4, 0.5) is 5.82 Å². The molecule has 1 amide bonds. The first-order valence-corrected chi connectivity index (χ1v) is 10.2. The smallest absolute Gasteiger partial charge is 0.274 e. The summed E-state index contributed by atoms with van der Waals surface area (Å²) >= 11 is 1.82. The van der Waals surface area contributed by atoms with Gasteiger partial charge in [-0.15, -0.1) is 11.3 Å². The quantitative estimate of drug-likeness (QED) is 0.679. The van der Waals surface area contributed by atoms with Crippen LogP contribution in [0.3, 0.4) is 0 Å². The molecule has 0 atom stereocenters. The molecule has 27 heavy (non-hydrogen) atoms. The summed E-state index contributed by atoms with van der Waals surface area (Å²) in [6.07, 6.45) is 11.1. The number of amides is 1. The number of aromatic nitrogens is 4. The Hall–Kier alpha value is -2.61. The van der Waals surface area contributed by atoms with Gasteiger partial charge in [0, 0.05) is 43.4 Å². The molecule has 8 heteroatoms. The number of hydrogen-bond acceptors (Lipinski definition) is 7. The molecule has 1 saturated heterocycles. The predicted octanol–water partition coefficient (Wildman–Crippen LogP) is 2.32. The van der Waals surface area contributed by atoms with Crippen LogP contribution in [0.2, 0.25) is 0 Å². The van der Waals surface area contributed by atoms with Crippen molar-refractivity contribution in [1.29, 1.82) is 0 Å². The maximum atomic E-state index is 12.6. The van der Waals surface area contributed by atoms with Crippen molar-refractivity contribution in [3.8, 4) is 0 Å². The van der Waals surface area contributed by atoms with Crippen molar-refractivity contribution >= 4 is 33.3 Å². The van der Waals surface area contributed by atoms with E-state index < -0.39 is 0 Å². The van der Waals surface area contributed by atoms with Crippen LogP contribution in [-0.4, -0.2) is 56.9 Å². The first-order chi connectivity index (χ1) is 13.3. The number of hydrogen-bond donors (Lipinski definition) is 0. The first kappa shape index (κ1) is 16.6. The van der Waals surface area contributed by atoms with E-state index in [4.69, 9.17) is 0 Å². The highest BCUT2D eigenvalue weighted by Gasteiger charge is 2.27. The minimum Gasteiger partial charge on any atom is -0.352 e. The molecule has 138 valence electrons. The SMILES string of the molecule is O=C(c1cnccn1)N1CCN(c2ncnc3sc4c(c23)CCCC4)CC1. The lowest BCUT2D eigenvalue weighted by molar-refractivity contribution is 0.0740. The zero-order valence-corrected chi connectivity index (χ0v) is 15.8. The number of carbonyl (C=O) groups excluding carboxylic acids is 1. The molecule has 1 fully saturated rings. The van der Waals surface area contributed by atoms with E-state index in [1.807, 2.05) is 16.2 Å². The average Bonchev–Trinajstić information content (AvgIpc) is 3.13.